The second-order valence-electron chi connectivity index (χ2n) is 4.32. The number of ether oxygens (including phenoxy) is 2. The van der Waals surface area contributed by atoms with Crippen LogP contribution in [0.1, 0.15) is 32.3 Å². The molecule has 0 aliphatic carbocycles. The molecule has 0 unspecified atom stereocenters. The Morgan fingerprint density at radius 2 is 2.26 bits per heavy atom. The summed E-state index contributed by atoms with van der Waals surface area (Å²) in [7, 11) is 0. The molecular formula is C15H17NO3. The van der Waals surface area contributed by atoms with Gasteiger partial charge in [-0.1, -0.05) is 25.5 Å². The minimum absolute atomic E-state index is 0.322. The van der Waals surface area contributed by atoms with Crippen LogP contribution in [0.15, 0.2) is 35.0 Å². The van der Waals surface area contributed by atoms with Gasteiger partial charge in [0.05, 0.1) is 6.61 Å². The lowest BCUT2D eigenvalue weighted by Crippen LogP contribution is -2.00. The highest BCUT2D eigenvalue weighted by Crippen LogP contribution is 2.19. The van der Waals surface area contributed by atoms with Crippen LogP contribution in [0.25, 0.3) is 6.08 Å². The fourth-order valence-electron chi connectivity index (χ4n) is 1.70. The first kappa shape index (κ1) is 13.3. The summed E-state index contributed by atoms with van der Waals surface area (Å²) in [4.78, 5) is 15.5. The SMILES string of the molecule is CCCCOc1cccc(/C=C2\N=C(C)OC2=O)c1. The lowest BCUT2D eigenvalue weighted by Gasteiger charge is -2.05. The monoisotopic (exact) mass is 259 g/mol. The first-order valence-electron chi connectivity index (χ1n) is 6.41. The average molecular weight is 259 g/mol. The van der Waals surface area contributed by atoms with Crippen LogP contribution in [0.3, 0.4) is 0 Å². The molecule has 1 aromatic rings. The molecule has 0 bridgehead atoms. The smallest absolute Gasteiger partial charge is 0.363 e. The predicted molar refractivity (Wildman–Crippen MR) is 74.0 cm³/mol. The Bertz CT molecular complexity index is 532. The van der Waals surface area contributed by atoms with Crippen molar-refractivity contribution in [1.29, 1.82) is 0 Å². The number of cyclic esters (lactones) is 1. The van der Waals surface area contributed by atoms with Gasteiger partial charge in [0.1, 0.15) is 5.75 Å². The van der Waals surface area contributed by atoms with Crippen LogP contribution < -0.4 is 4.74 Å². The van der Waals surface area contributed by atoms with Gasteiger partial charge in [-0.3, -0.25) is 0 Å². The fraction of sp³-hybridized carbons (Fsp3) is 0.333. The first-order chi connectivity index (χ1) is 9.19. The van der Waals surface area contributed by atoms with Crippen molar-refractivity contribution in [1.82, 2.24) is 0 Å². The quantitative estimate of drug-likeness (QED) is 0.463. The number of esters is 1. The maximum absolute atomic E-state index is 11.4. The molecule has 0 radical (unpaired) electrons. The van der Waals surface area contributed by atoms with Gasteiger partial charge in [0.15, 0.2) is 11.6 Å². The first-order valence-corrected chi connectivity index (χ1v) is 6.41. The predicted octanol–water partition coefficient (Wildman–Crippen LogP) is 3.18. The summed E-state index contributed by atoms with van der Waals surface area (Å²) < 4.78 is 10.5. The molecular weight excluding hydrogens is 242 g/mol. The number of unbranched alkanes of at least 4 members (excludes halogenated alkanes) is 1. The third-order valence-electron chi connectivity index (χ3n) is 2.66. The lowest BCUT2D eigenvalue weighted by molar-refractivity contribution is -0.130. The van der Waals surface area contributed by atoms with Gasteiger partial charge in [-0.2, -0.15) is 0 Å². The van der Waals surface area contributed by atoms with Gasteiger partial charge in [-0.05, 0) is 30.2 Å². The molecule has 1 aliphatic rings. The van der Waals surface area contributed by atoms with E-state index in [4.69, 9.17) is 9.47 Å². The maximum atomic E-state index is 11.4. The normalized spacial score (nSPS) is 16.4. The minimum Gasteiger partial charge on any atom is -0.494 e. The largest absolute Gasteiger partial charge is 0.494 e. The van der Waals surface area contributed by atoms with E-state index in [2.05, 4.69) is 11.9 Å². The summed E-state index contributed by atoms with van der Waals surface area (Å²) in [6, 6.07) is 7.58. The van der Waals surface area contributed by atoms with Gasteiger partial charge >= 0.3 is 5.97 Å². The van der Waals surface area contributed by atoms with Crippen molar-refractivity contribution in [3.8, 4) is 5.75 Å². The molecule has 4 nitrogen and oxygen atoms in total. The molecule has 0 saturated carbocycles. The molecule has 19 heavy (non-hydrogen) atoms. The van der Waals surface area contributed by atoms with Crippen LogP contribution in [0, 0.1) is 0 Å². The Morgan fingerprint density at radius 3 is 2.95 bits per heavy atom. The molecule has 1 aromatic carbocycles. The number of rotatable bonds is 5. The molecule has 0 fully saturated rings. The third kappa shape index (κ3) is 3.68. The average Bonchev–Trinajstić information content (AvgIpc) is 2.69. The van der Waals surface area contributed by atoms with Gasteiger partial charge in [-0.25, -0.2) is 9.79 Å². The van der Waals surface area contributed by atoms with E-state index >= 15 is 0 Å². The standard InChI is InChI=1S/C15H17NO3/c1-3-4-8-18-13-7-5-6-12(9-13)10-14-15(17)19-11(2)16-14/h5-7,9-10H,3-4,8H2,1-2H3/b14-10-. The Labute approximate surface area is 112 Å². The van der Waals surface area contributed by atoms with E-state index in [1.165, 1.54) is 0 Å². The highest BCUT2D eigenvalue weighted by molar-refractivity contribution is 6.06. The van der Waals surface area contributed by atoms with Crippen molar-refractivity contribution >= 4 is 17.9 Å². The zero-order chi connectivity index (χ0) is 13.7. The molecule has 0 atom stereocenters. The molecule has 1 heterocycles. The van der Waals surface area contributed by atoms with Crippen molar-refractivity contribution in [3.05, 3.63) is 35.5 Å². The van der Waals surface area contributed by atoms with Crippen molar-refractivity contribution < 1.29 is 14.3 Å². The highest BCUT2D eigenvalue weighted by atomic mass is 16.6. The molecule has 0 N–H and O–H groups in total. The summed E-state index contributed by atoms with van der Waals surface area (Å²) in [5.74, 6) is 0.774. The topological polar surface area (TPSA) is 47.9 Å². The number of nitrogens with zero attached hydrogens (tertiary/aromatic N) is 1. The van der Waals surface area contributed by atoms with Crippen LogP contribution >= 0.6 is 0 Å². The van der Waals surface area contributed by atoms with Crippen molar-refractivity contribution in [2.45, 2.75) is 26.7 Å². The minimum atomic E-state index is -0.408. The summed E-state index contributed by atoms with van der Waals surface area (Å²) in [5.41, 5.74) is 1.20. The number of benzene rings is 1. The molecule has 0 aromatic heterocycles. The van der Waals surface area contributed by atoms with Gasteiger partial charge in [0.25, 0.3) is 0 Å². The van der Waals surface area contributed by atoms with Gasteiger partial charge < -0.3 is 9.47 Å². The Hall–Kier alpha value is -2.10. The molecule has 100 valence electrons. The summed E-state index contributed by atoms with van der Waals surface area (Å²) in [5, 5.41) is 0. The zero-order valence-electron chi connectivity index (χ0n) is 11.2. The van der Waals surface area contributed by atoms with Crippen molar-refractivity contribution in [3.63, 3.8) is 0 Å². The van der Waals surface area contributed by atoms with Gasteiger partial charge in [0, 0.05) is 6.92 Å². The Balaban J connectivity index is 2.11. The van der Waals surface area contributed by atoms with E-state index in [1.807, 2.05) is 24.3 Å². The second-order valence-corrected chi connectivity index (χ2v) is 4.32. The van der Waals surface area contributed by atoms with Crippen LogP contribution in [-0.2, 0) is 9.53 Å². The number of aliphatic imine (C=N–C) groups is 1. The van der Waals surface area contributed by atoms with Crippen LogP contribution in [-0.4, -0.2) is 18.5 Å². The van der Waals surface area contributed by atoms with Gasteiger partial charge in [-0.15, -0.1) is 0 Å². The Morgan fingerprint density at radius 1 is 1.42 bits per heavy atom. The van der Waals surface area contributed by atoms with Crippen molar-refractivity contribution in [2.24, 2.45) is 4.99 Å². The number of carbonyl (C=O) groups excluding carboxylic acids is 1. The second kappa shape index (κ2) is 6.18. The lowest BCUT2D eigenvalue weighted by atomic mass is 10.2. The summed E-state index contributed by atoms with van der Waals surface area (Å²) in [6.07, 6.45) is 3.83. The van der Waals surface area contributed by atoms with E-state index in [0.717, 1.165) is 24.2 Å². The van der Waals surface area contributed by atoms with E-state index in [0.29, 0.717) is 18.2 Å². The van der Waals surface area contributed by atoms with E-state index in [1.54, 1.807) is 13.0 Å². The third-order valence-corrected chi connectivity index (χ3v) is 2.66. The fourth-order valence-corrected chi connectivity index (χ4v) is 1.70. The molecule has 4 heteroatoms. The summed E-state index contributed by atoms with van der Waals surface area (Å²) in [6.45, 7) is 4.48. The molecule has 2 rings (SSSR count). The van der Waals surface area contributed by atoms with Crippen LogP contribution in [0.2, 0.25) is 0 Å². The molecule has 1 aliphatic heterocycles. The molecule has 0 spiro atoms. The summed E-state index contributed by atoms with van der Waals surface area (Å²) >= 11 is 0. The Kier molecular flexibility index (Phi) is 4.34. The van der Waals surface area contributed by atoms with Crippen LogP contribution in [0.4, 0.5) is 0 Å². The van der Waals surface area contributed by atoms with Crippen molar-refractivity contribution in [2.75, 3.05) is 6.61 Å². The van der Waals surface area contributed by atoms with E-state index in [9.17, 15) is 4.79 Å². The number of hydrogen-bond donors (Lipinski definition) is 0. The van der Waals surface area contributed by atoms with E-state index in [-0.39, 0.29) is 0 Å². The molecule has 0 amide bonds. The van der Waals surface area contributed by atoms with Crippen LogP contribution in [0.5, 0.6) is 5.75 Å². The molecule has 0 saturated heterocycles. The van der Waals surface area contributed by atoms with Gasteiger partial charge in [0.2, 0.25) is 0 Å². The number of carbonyl (C=O) groups is 1. The van der Waals surface area contributed by atoms with E-state index < -0.39 is 5.97 Å². The highest BCUT2D eigenvalue weighted by Gasteiger charge is 2.19. The maximum Gasteiger partial charge on any atom is 0.363 e. The zero-order valence-corrected chi connectivity index (χ0v) is 11.2. The number of hydrogen-bond acceptors (Lipinski definition) is 4.